The van der Waals surface area contributed by atoms with Crippen molar-refractivity contribution < 1.29 is 28.5 Å². The summed E-state index contributed by atoms with van der Waals surface area (Å²) >= 11 is 0. The maximum atomic E-state index is 13.5. The summed E-state index contributed by atoms with van der Waals surface area (Å²) in [7, 11) is 3.13. The molecule has 2 fully saturated rings. The zero-order valence-electron chi connectivity index (χ0n) is 20.8. The summed E-state index contributed by atoms with van der Waals surface area (Å²) in [4.78, 5) is 30.8. The number of carbonyl (C=O) groups excluding carboxylic acids is 2. The molecule has 192 valence electrons. The minimum Gasteiger partial charge on any atom is -0.493 e. The number of amides is 2. The van der Waals surface area contributed by atoms with Gasteiger partial charge in [0.2, 0.25) is 12.7 Å². The van der Waals surface area contributed by atoms with Crippen LogP contribution in [0.25, 0.3) is 0 Å². The molecule has 1 saturated carbocycles. The predicted molar refractivity (Wildman–Crippen MR) is 134 cm³/mol. The molecule has 0 aromatic heterocycles. The summed E-state index contributed by atoms with van der Waals surface area (Å²) in [6.07, 6.45) is 4.39. The van der Waals surface area contributed by atoms with E-state index in [1.54, 1.807) is 32.4 Å². The second-order valence-corrected chi connectivity index (χ2v) is 9.44. The Morgan fingerprint density at radius 2 is 1.64 bits per heavy atom. The Labute approximate surface area is 211 Å². The molecule has 0 radical (unpaired) electrons. The quantitative estimate of drug-likeness (QED) is 0.630. The lowest BCUT2D eigenvalue weighted by molar-refractivity contribution is -0.123. The summed E-state index contributed by atoms with van der Waals surface area (Å²) in [5.74, 6) is 2.73. The number of hydrogen-bond acceptors (Lipinski definition) is 7. The van der Waals surface area contributed by atoms with Crippen molar-refractivity contribution in [3.8, 4) is 23.0 Å². The molecule has 1 N–H and O–H groups in total. The van der Waals surface area contributed by atoms with E-state index < -0.39 is 0 Å². The van der Waals surface area contributed by atoms with E-state index in [4.69, 9.17) is 18.9 Å². The molecule has 36 heavy (non-hydrogen) atoms. The van der Waals surface area contributed by atoms with Crippen molar-refractivity contribution in [3.05, 3.63) is 42.0 Å². The van der Waals surface area contributed by atoms with Crippen LogP contribution in [0.3, 0.4) is 0 Å². The molecule has 1 aliphatic carbocycles. The Morgan fingerprint density at radius 1 is 0.917 bits per heavy atom. The van der Waals surface area contributed by atoms with Gasteiger partial charge in [0.1, 0.15) is 0 Å². The van der Waals surface area contributed by atoms with Crippen LogP contribution in [-0.4, -0.2) is 74.8 Å². The summed E-state index contributed by atoms with van der Waals surface area (Å²) in [6.45, 7) is 2.62. The minimum atomic E-state index is -0.226. The van der Waals surface area contributed by atoms with Gasteiger partial charge in [-0.15, -0.1) is 0 Å². The van der Waals surface area contributed by atoms with E-state index in [2.05, 4.69) is 10.2 Å². The van der Waals surface area contributed by atoms with E-state index in [9.17, 15) is 9.59 Å². The number of hydrogen-bond donors (Lipinski definition) is 1. The van der Waals surface area contributed by atoms with Crippen molar-refractivity contribution in [2.24, 2.45) is 5.92 Å². The van der Waals surface area contributed by atoms with Crippen LogP contribution in [-0.2, 0) is 4.79 Å². The minimum absolute atomic E-state index is 0.000401. The van der Waals surface area contributed by atoms with Crippen LogP contribution in [0.1, 0.15) is 36.0 Å². The Kier molecular flexibility index (Phi) is 7.18. The number of nitrogens with one attached hydrogen (secondary N) is 1. The second kappa shape index (κ2) is 10.7. The number of carbonyl (C=O) groups is 2. The topological polar surface area (TPSA) is 89.6 Å². The first-order chi connectivity index (χ1) is 17.6. The van der Waals surface area contributed by atoms with Crippen molar-refractivity contribution in [2.75, 3.05) is 52.5 Å². The highest BCUT2D eigenvalue weighted by atomic mass is 16.7. The summed E-state index contributed by atoms with van der Waals surface area (Å²) in [5, 5.41) is 3.11. The van der Waals surface area contributed by atoms with E-state index in [1.165, 1.54) is 0 Å². The molecule has 0 bridgehead atoms. The monoisotopic (exact) mass is 495 g/mol. The number of fused-ring (bicyclic) bond motifs is 1. The fourth-order valence-corrected chi connectivity index (χ4v) is 5.50. The number of anilines is 1. The van der Waals surface area contributed by atoms with Gasteiger partial charge in [0.25, 0.3) is 5.91 Å². The van der Waals surface area contributed by atoms with Gasteiger partial charge in [0, 0.05) is 43.5 Å². The van der Waals surface area contributed by atoms with E-state index in [-0.39, 0.29) is 24.6 Å². The first-order valence-electron chi connectivity index (χ1n) is 12.5. The van der Waals surface area contributed by atoms with Gasteiger partial charge in [0.15, 0.2) is 23.0 Å². The van der Waals surface area contributed by atoms with Crippen LogP contribution in [0, 0.1) is 5.92 Å². The third-order valence-electron chi connectivity index (χ3n) is 7.38. The van der Waals surface area contributed by atoms with E-state index in [1.807, 2.05) is 23.1 Å². The molecule has 5 rings (SSSR count). The largest absolute Gasteiger partial charge is 0.493 e. The molecule has 0 unspecified atom stereocenters. The fourth-order valence-electron chi connectivity index (χ4n) is 5.50. The average Bonchev–Trinajstić information content (AvgIpc) is 3.60. The number of benzene rings is 2. The first-order valence-corrected chi connectivity index (χ1v) is 12.5. The first kappa shape index (κ1) is 24.2. The van der Waals surface area contributed by atoms with E-state index in [0.717, 1.165) is 25.7 Å². The Morgan fingerprint density at radius 3 is 2.36 bits per heavy atom. The zero-order valence-corrected chi connectivity index (χ0v) is 20.8. The maximum Gasteiger partial charge on any atom is 0.254 e. The number of rotatable bonds is 7. The molecule has 2 aliphatic heterocycles. The summed E-state index contributed by atoms with van der Waals surface area (Å²) < 4.78 is 21.5. The molecule has 3 aliphatic rings. The SMILES string of the molecule is COc1ccc(C(=O)N2CCN([C@@H](C(=O)Nc3ccc4c(c3)OCO4)C3CCCC3)CC2)cc1OC. The van der Waals surface area contributed by atoms with Crippen LogP contribution in [0.5, 0.6) is 23.0 Å². The van der Waals surface area contributed by atoms with Crippen LogP contribution in [0.2, 0.25) is 0 Å². The van der Waals surface area contributed by atoms with Crippen molar-refractivity contribution in [1.29, 1.82) is 0 Å². The number of piperazine rings is 1. The summed E-state index contributed by atoms with van der Waals surface area (Å²) in [5.41, 5.74) is 1.27. The molecule has 0 spiro atoms. The van der Waals surface area contributed by atoms with Crippen molar-refractivity contribution >= 4 is 17.5 Å². The van der Waals surface area contributed by atoms with E-state index >= 15 is 0 Å². The Bertz CT molecular complexity index is 1110. The molecule has 1 saturated heterocycles. The van der Waals surface area contributed by atoms with Crippen molar-refractivity contribution in [2.45, 2.75) is 31.7 Å². The molecule has 2 aromatic rings. The molecule has 9 nitrogen and oxygen atoms in total. The number of methoxy groups -OCH3 is 2. The van der Waals surface area contributed by atoms with Crippen LogP contribution < -0.4 is 24.3 Å². The van der Waals surface area contributed by atoms with Gasteiger partial charge in [-0.1, -0.05) is 12.8 Å². The second-order valence-electron chi connectivity index (χ2n) is 9.44. The average molecular weight is 496 g/mol. The number of ether oxygens (including phenoxy) is 4. The molecule has 1 atom stereocenters. The third kappa shape index (κ3) is 4.93. The highest BCUT2D eigenvalue weighted by molar-refractivity contribution is 5.96. The van der Waals surface area contributed by atoms with Crippen LogP contribution in [0.4, 0.5) is 5.69 Å². The standard InChI is InChI=1S/C27H33N3O6/c1-33-21-9-7-19(15-23(21)34-2)27(32)30-13-11-29(12-14-30)25(18-5-3-4-6-18)26(31)28-20-8-10-22-24(16-20)36-17-35-22/h7-10,15-16,18,25H,3-6,11-14,17H2,1-2H3,(H,28,31)/t25-/m1/s1. The van der Waals surface area contributed by atoms with Gasteiger partial charge < -0.3 is 29.2 Å². The highest BCUT2D eigenvalue weighted by Gasteiger charge is 2.37. The summed E-state index contributed by atoms with van der Waals surface area (Å²) in [6, 6.07) is 10.5. The van der Waals surface area contributed by atoms with Gasteiger partial charge >= 0.3 is 0 Å². The van der Waals surface area contributed by atoms with Crippen molar-refractivity contribution in [1.82, 2.24) is 9.80 Å². The van der Waals surface area contributed by atoms with Crippen LogP contribution in [0.15, 0.2) is 36.4 Å². The highest BCUT2D eigenvalue weighted by Crippen LogP contribution is 2.36. The Hall–Kier alpha value is -3.46. The molecule has 2 aromatic carbocycles. The van der Waals surface area contributed by atoms with Gasteiger partial charge in [-0.25, -0.2) is 0 Å². The normalized spacial score (nSPS) is 18.7. The molecule has 9 heteroatoms. The smallest absolute Gasteiger partial charge is 0.254 e. The number of nitrogens with zero attached hydrogens (tertiary/aromatic N) is 2. The molecule has 2 amide bonds. The van der Waals surface area contributed by atoms with Gasteiger partial charge in [-0.2, -0.15) is 0 Å². The van der Waals surface area contributed by atoms with Gasteiger partial charge in [-0.05, 0) is 49.1 Å². The van der Waals surface area contributed by atoms with Crippen molar-refractivity contribution in [3.63, 3.8) is 0 Å². The molecule has 2 heterocycles. The van der Waals surface area contributed by atoms with Gasteiger partial charge in [-0.3, -0.25) is 14.5 Å². The zero-order chi connectivity index (χ0) is 25.1. The lowest BCUT2D eigenvalue weighted by atomic mass is 9.94. The van der Waals surface area contributed by atoms with Gasteiger partial charge in [0.05, 0.1) is 20.3 Å². The lowest BCUT2D eigenvalue weighted by Crippen LogP contribution is -2.56. The maximum absolute atomic E-state index is 13.5. The van der Waals surface area contributed by atoms with E-state index in [0.29, 0.717) is 66.3 Å². The third-order valence-corrected chi connectivity index (χ3v) is 7.38. The van der Waals surface area contributed by atoms with Crippen LogP contribution >= 0.6 is 0 Å². The Balaban J connectivity index is 1.25. The molecular weight excluding hydrogens is 462 g/mol. The predicted octanol–water partition coefficient (Wildman–Crippen LogP) is 3.39. The lowest BCUT2D eigenvalue weighted by Gasteiger charge is -2.40. The molecular formula is C27H33N3O6. The fraction of sp³-hybridized carbons (Fsp3) is 0.481.